The molecule has 0 saturated heterocycles. The Morgan fingerprint density at radius 3 is 1.88 bits per heavy atom. The largest absolute Gasteiger partial charge is 0.396 e. The average Bonchev–Trinajstić information content (AvgIpc) is 2.46. The molecule has 0 amide bonds. The SMILES string of the molecule is CS(=O)(=O)O.OCC(Cc1ccc(Cl)cc1Cl)c1ccc(Cl)cc1Cl. The number of aliphatic hydroxyl groups is 1. The Balaban J connectivity index is 0.000000550. The molecule has 0 spiro atoms. The molecule has 2 rings (SSSR count). The van der Waals surface area contributed by atoms with Crippen LogP contribution in [-0.2, 0) is 16.5 Å². The molecule has 1 unspecified atom stereocenters. The smallest absolute Gasteiger partial charge is 0.261 e. The quantitative estimate of drug-likeness (QED) is 0.640. The summed E-state index contributed by atoms with van der Waals surface area (Å²) in [6.45, 7) is -0.0275. The van der Waals surface area contributed by atoms with Gasteiger partial charge in [-0.05, 0) is 41.8 Å². The lowest BCUT2D eigenvalue weighted by Crippen LogP contribution is -2.09. The molecule has 0 radical (unpaired) electrons. The monoisotopic (exact) mass is 444 g/mol. The van der Waals surface area contributed by atoms with Crippen molar-refractivity contribution in [3.8, 4) is 0 Å². The maximum absolute atomic E-state index is 9.62. The highest BCUT2D eigenvalue weighted by Crippen LogP contribution is 2.32. The van der Waals surface area contributed by atoms with Crippen LogP contribution >= 0.6 is 46.4 Å². The number of benzene rings is 2. The van der Waals surface area contributed by atoms with Crippen LogP contribution in [-0.4, -0.2) is 30.9 Å². The number of hydrogen-bond donors (Lipinski definition) is 2. The summed E-state index contributed by atoms with van der Waals surface area (Å²) in [6, 6.07) is 10.6. The van der Waals surface area contributed by atoms with Crippen molar-refractivity contribution in [3.05, 3.63) is 67.6 Å². The standard InChI is InChI=1S/C15H12Cl4O.CH4O3S/c16-11-2-1-9(14(18)6-11)5-10(8-20)13-4-3-12(17)7-15(13)19;1-5(2,3)4/h1-4,6-7,10,20H,5,8H2;1H3,(H,2,3,4). The van der Waals surface area contributed by atoms with Crippen LogP contribution in [0.5, 0.6) is 0 Å². The molecule has 138 valence electrons. The molecule has 4 nitrogen and oxygen atoms in total. The first kappa shape index (κ1) is 22.5. The van der Waals surface area contributed by atoms with Crippen molar-refractivity contribution in [2.24, 2.45) is 0 Å². The van der Waals surface area contributed by atoms with E-state index in [1.807, 2.05) is 12.1 Å². The Bertz CT molecular complexity index is 817. The predicted octanol–water partition coefficient (Wildman–Crippen LogP) is 5.12. The zero-order valence-electron chi connectivity index (χ0n) is 13.1. The Morgan fingerprint density at radius 2 is 1.44 bits per heavy atom. The minimum absolute atomic E-state index is 0.0275. The van der Waals surface area contributed by atoms with E-state index in [1.165, 1.54) is 0 Å². The minimum atomic E-state index is -3.67. The van der Waals surface area contributed by atoms with Gasteiger partial charge in [0.2, 0.25) is 0 Å². The molecular weight excluding hydrogens is 430 g/mol. The first-order valence-corrected chi connectivity index (χ1v) is 10.3. The highest BCUT2D eigenvalue weighted by atomic mass is 35.5. The maximum atomic E-state index is 9.62. The lowest BCUT2D eigenvalue weighted by Gasteiger charge is -2.17. The number of aliphatic hydroxyl groups excluding tert-OH is 1. The average molecular weight is 446 g/mol. The third kappa shape index (κ3) is 8.60. The first-order chi connectivity index (χ1) is 11.5. The van der Waals surface area contributed by atoms with E-state index >= 15 is 0 Å². The van der Waals surface area contributed by atoms with Crippen LogP contribution in [0.25, 0.3) is 0 Å². The van der Waals surface area contributed by atoms with Gasteiger partial charge in [0.15, 0.2) is 0 Å². The maximum Gasteiger partial charge on any atom is 0.261 e. The van der Waals surface area contributed by atoms with Crippen molar-refractivity contribution in [1.82, 2.24) is 0 Å². The molecule has 1 atom stereocenters. The van der Waals surface area contributed by atoms with E-state index in [9.17, 15) is 13.5 Å². The molecule has 0 heterocycles. The number of hydrogen-bond acceptors (Lipinski definition) is 3. The summed E-state index contributed by atoms with van der Waals surface area (Å²) in [6.07, 6.45) is 1.29. The zero-order valence-corrected chi connectivity index (χ0v) is 16.9. The van der Waals surface area contributed by atoms with Gasteiger partial charge in [-0.2, -0.15) is 8.42 Å². The third-order valence-electron chi connectivity index (χ3n) is 3.10. The molecule has 2 N–H and O–H groups in total. The summed E-state index contributed by atoms with van der Waals surface area (Å²) >= 11 is 24.1. The molecule has 0 aliphatic rings. The second-order valence-corrected chi connectivity index (χ2v) is 8.37. The summed E-state index contributed by atoms with van der Waals surface area (Å²) in [5.74, 6) is -0.140. The fourth-order valence-corrected chi connectivity index (χ4v) is 3.11. The molecule has 25 heavy (non-hydrogen) atoms. The summed E-state index contributed by atoms with van der Waals surface area (Å²) in [4.78, 5) is 0. The van der Waals surface area contributed by atoms with Gasteiger partial charge in [0.05, 0.1) is 12.9 Å². The first-order valence-electron chi connectivity index (χ1n) is 6.93. The van der Waals surface area contributed by atoms with Crippen LogP contribution in [0.4, 0.5) is 0 Å². The van der Waals surface area contributed by atoms with Crippen molar-refractivity contribution in [1.29, 1.82) is 0 Å². The summed E-state index contributed by atoms with van der Waals surface area (Å²) in [5.41, 5.74) is 1.77. The molecule has 9 heteroatoms. The van der Waals surface area contributed by atoms with Crippen molar-refractivity contribution in [2.45, 2.75) is 12.3 Å². The molecule has 0 aliphatic heterocycles. The highest BCUT2D eigenvalue weighted by Gasteiger charge is 2.16. The molecule has 0 bridgehead atoms. The van der Waals surface area contributed by atoms with Gasteiger partial charge in [0.1, 0.15) is 0 Å². The Kier molecular flexibility index (Phi) is 8.98. The lowest BCUT2D eigenvalue weighted by molar-refractivity contribution is 0.264. The van der Waals surface area contributed by atoms with Gasteiger partial charge in [-0.3, -0.25) is 4.55 Å². The number of rotatable bonds is 4. The molecule has 0 aliphatic carbocycles. The van der Waals surface area contributed by atoms with Crippen molar-refractivity contribution < 1.29 is 18.1 Å². The van der Waals surface area contributed by atoms with Gasteiger partial charge in [0.25, 0.3) is 10.1 Å². The molecule has 0 fully saturated rings. The fraction of sp³-hybridized carbons (Fsp3) is 0.250. The molecule has 0 saturated carbocycles. The van der Waals surface area contributed by atoms with Gasteiger partial charge < -0.3 is 5.11 Å². The predicted molar refractivity (Wildman–Crippen MR) is 104 cm³/mol. The lowest BCUT2D eigenvalue weighted by atomic mass is 9.92. The van der Waals surface area contributed by atoms with Crippen molar-refractivity contribution >= 4 is 56.5 Å². The van der Waals surface area contributed by atoms with Crippen LogP contribution in [0.2, 0.25) is 20.1 Å². The van der Waals surface area contributed by atoms with Crippen LogP contribution in [0.3, 0.4) is 0 Å². The minimum Gasteiger partial charge on any atom is -0.396 e. The van der Waals surface area contributed by atoms with Crippen molar-refractivity contribution in [2.75, 3.05) is 12.9 Å². The second kappa shape index (κ2) is 9.97. The van der Waals surface area contributed by atoms with E-state index in [0.717, 1.165) is 11.1 Å². The summed E-state index contributed by atoms with van der Waals surface area (Å²) in [7, 11) is -3.67. The van der Waals surface area contributed by atoms with E-state index in [-0.39, 0.29) is 12.5 Å². The van der Waals surface area contributed by atoms with Crippen molar-refractivity contribution in [3.63, 3.8) is 0 Å². The van der Waals surface area contributed by atoms with Gasteiger partial charge in [-0.1, -0.05) is 58.5 Å². The van der Waals surface area contributed by atoms with Crippen LogP contribution < -0.4 is 0 Å². The summed E-state index contributed by atoms with van der Waals surface area (Å²) in [5, 5.41) is 11.9. The van der Waals surface area contributed by atoms with Crippen LogP contribution in [0.1, 0.15) is 17.0 Å². The molecule has 2 aromatic carbocycles. The van der Waals surface area contributed by atoms with Gasteiger partial charge >= 0.3 is 0 Å². The van der Waals surface area contributed by atoms with E-state index < -0.39 is 10.1 Å². The molecular formula is C16H16Cl4O4S. The molecule has 0 aromatic heterocycles. The fourth-order valence-electron chi connectivity index (χ4n) is 2.06. The molecule has 2 aromatic rings. The van der Waals surface area contributed by atoms with Gasteiger partial charge in [0, 0.05) is 26.0 Å². The summed E-state index contributed by atoms with van der Waals surface area (Å²) < 4.78 is 25.9. The Hall–Kier alpha value is -0.530. The van der Waals surface area contributed by atoms with Crippen LogP contribution in [0, 0.1) is 0 Å². The normalized spacial score (nSPS) is 12.3. The number of halogens is 4. The van der Waals surface area contributed by atoms with E-state index in [0.29, 0.717) is 32.8 Å². The Labute approximate surface area is 167 Å². The van der Waals surface area contributed by atoms with Crippen LogP contribution in [0.15, 0.2) is 36.4 Å². The zero-order chi connectivity index (χ0) is 19.2. The Morgan fingerprint density at radius 1 is 0.960 bits per heavy atom. The topological polar surface area (TPSA) is 74.6 Å². The third-order valence-corrected chi connectivity index (χ3v) is 4.25. The van der Waals surface area contributed by atoms with Gasteiger partial charge in [-0.25, -0.2) is 0 Å². The van der Waals surface area contributed by atoms with Gasteiger partial charge in [-0.15, -0.1) is 0 Å². The second-order valence-electron chi connectivity index (χ2n) is 5.22. The van der Waals surface area contributed by atoms with E-state index in [4.69, 9.17) is 51.0 Å². The van der Waals surface area contributed by atoms with E-state index in [2.05, 4.69) is 0 Å². The van der Waals surface area contributed by atoms with E-state index in [1.54, 1.807) is 24.3 Å². The highest BCUT2D eigenvalue weighted by molar-refractivity contribution is 7.85.